The first-order valence-electron chi connectivity index (χ1n) is 10.5. The third-order valence-electron chi connectivity index (χ3n) is 4.78. The van der Waals surface area contributed by atoms with E-state index in [4.69, 9.17) is 19.9 Å². The SMILES string of the molecule is CCOC(=O)C1=C(N)[C@@H](OC(CC)CC)[C@@H](OS(=O)(=O)C(F)(F)F)[C@@H](C(=O)OC(C)(C)C)C1. The second-order valence-corrected chi connectivity index (χ2v) is 10.0. The predicted octanol–water partition coefficient (Wildman–Crippen LogP) is 2.93. The summed E-state index contributed by atoms with van der Waals surface area (Å²) in [6, 6.07) is 0. The number of halogens is 3. The van der Waals surface area contributed by atoms with Crippen LogP contribution in [0.3, 0.4) is 0 Å². The molecule has 192 valence electrons. The van der Waals surface area contributed by atoms with E-state index in [1.165, 1.54) is 27.7 Å². The Labute approximate surface area is 191 Å². The van der Waals surface area contributed by atoms with Gasteiger partial charge in [-0.3, -0.25) is 8.98 Å². The van der Waals surface area contributed by atoms with Gasteiger partial charge in [-0.25, -0.2) is 4.79 Å². The molecule has 0 aromatic heterocycles. The van der Waals surface area contributed by atoms with E-state index in [1.54, 1.807) is 13.8 Å². The van der Waals surface area contributed by atoms with Gasteiger partial charge < -0.3 is 19.9 Å². The first-order chi connectivity index (χ1) is 15.0. The maximum Gasteiger partial charge on any atom is 0.523 e. The molecule has 0 saturated heterocycles. The molecule has 0 aliphatic heterocycles. The van der Waals surface area contributed by atoms with Gasteiger partial charge in [0, 0.05) is 0 Å². The highest BCUT2D eigenvalue weighted by molar-refractivity contribution is 7.87. The molecule has 3 atom stereocenters. The molecule has 0 aromatic carbocycles. The molecule has 0 spiro atoms. The summed E-state index contributed by atoms with van der Waals surface area (Å²) in [6.45, 7) is 9.52. The standard InChI is InChI=1S/C20H32F3NO8S/c1-7-11(8-2)30-16-14(24)12(17(25)29-9-3)10-13(18(26)31-19(4,5)6)15(16)32-33(27,28)20(21,22)23/h11,13,15-16H,7-10,24H2,1-6H3/t13-,15-,16+/m0/s1. The number of ether oxygens (including phenoxy) is 3. The van der Waals surface area contributed by atoms with E-state index >= 15 is 0 Å². The highest BCUT2D eigenvalue weighted by atomic mass is 32.2. The molecule has 13 heteroatoms. The van der Waals surface area contributed by atoms with Crippen molar-refractivity contribution >= 4 is 22.1 Å². The molecule has 0 unspecified atom stereocenters. The van der Waals surface area contributed by atoms with E-state index in [0.29, 0.717) is 12.8 Å². The summed E-state index contributed by atoms with van der Waals surface area (Å²) in [5.74, 6) is -3.62. The van der Waals surface area contributed by atoms with Crippen molar-refractivity contribution in [1.29, 1.82) is 0 Å². The highest BCUT2D eigenvalue weighted by Gasteiger charge is 2.54. The minimum Gasteiger partial charge on any atom is -0.463 e. The molecular weight excluding hydrogens is 471 g/mol. The molecule has 1 aliphatic rings. The second kappa shape index (κ2) is 11.0. The molecule has 0 aromatic rings. The largest absolute Gasteiger partial charge is 0.523 e. The topological polar surface area (TPSA) is 131 Å². The van der Waals surface area contributed by atoms with Crippen LogP contribution in [0.25, 0.3) is 0 Å². The van der Waals surface area contributed by atoms with Crippen LogP contribution in [0, 0.1) is 5.92 Å². The van der Waals surface area contributed by atoms with E-state index in [-0.39, 0.29) is 17.9 Å². The van der Waals surface area contributed by atoms with Gasteiger partial charge in [0.25, 0.3) is 0 Å². The number of hydrogen-bond acceptors (Lipinski definition) is 9. The fourth-order valence-corrected chi connectivity index (χ4v) is 3.82. The van der Waals surface area contributed by atoms with Crippen molar-refractivity contribution in [2.45, 2.75) is 90.2 Å². The summed E-state index contributed by atoms with van der Waals surface area (Å²) in [4.78, 5) is 25.4. The Balaban J connectivity index is 3.66. The minimum atomic E-state index is -6.14. The van der Waals surface area contributed by atoms with Crippen molar-refractivity contribution in [1.82, 2.24) is 0 Å². The smallest absolute Gasteiger partial charge is 0.463 e. The van der Waals surface area contributed by atoms with Crippen LogP contribution in [0.4, 0.5) is 13.2 Å². The van der Waals surface area contributed by atoms with Crippen LogP contribution >= 0.6 is 0 Å². The Bertz CT molecular complexity index is 844. The van der Waals surface area contributed by atoms with Crippen LogP contribution in [0.15, 0.2) is 11.3 Å². The normalized spacial score (nSPS) is 22.4. The van der Waals surface area contributed by atoms with Gasteiger partial charge in [0.05, 0.1) is 29.9 Å². The number of carbonyl (C=O) groups is 2. The summed E-state index contributed by atoms with van der Waals surface area (Å²) < 4.78 is 83.6. The van der Waals surface area contributed by atoms with Crippen LogP contribution in [0.1, 0.15) is 60.8 Å². The number of carbonyl (C=O) groups excluding carboxylic acids is 2. The van der Waals surface area contributed by atoms with Crippen LogP contribution in [0.5, 0.6) is 0 Å². The van der Waals surface area contributed by atoms with Crippen molar-refractivity contribution in [2.75, 3.05) is 6.61 Å². The maximum atomic E-state index is 13.1. The van der Waals surface area contributed by atoms with Crippen LogP contribution in [0.2, 0.25) is 0 Å². The van der Waals surface area contributed by atoms with E-state index < -0.39 is 63.8 Å². The zero-order valence-electron chi connectivity index (χ0n) is 19.5. The summed E-state index contributed by atoms with van der Waals surface area (Å²) >= 11 is 0. The Hall–Kier alpha value is -1.86. The number of nitrogens with two attached hydrogens (primary N) is 1. The van der Waals surface area contributed by atoms with Crippen molar-refractivity contribution in [2.24, 2.45) is 11.7 Å². The molecule has 1 aliphatic carbocycles. The summed E-state index contributed by atoms with van der Waals surface area (Å²) in [6.07, 6.45) is -4.02. The number of rotatable bonds is 9. The molecule has 0 radical (unpaired) electrons. The Morgan fingerprint density at radius 3 is 2.09 bits per heavy atom. The third kappa shape index (κ3) is 7.57. The van der Waals surface area contributed by atoms with Gasteiger partial charge >= 0.3 is 27.6 Å². The molecule has 0 fully saturated rings. The van der Waals surface area contributed by atoms with Gasteiger partial charge in [0.2, 0.25) is 0 Å². The van der Waals surface area contributed by atoms with Gasteiger partial charge in [-0.1, -0.05) is 13.8 Å². The number of hydrogen-bond donors (Lipinski definition) is 1. The lowest BCUT2D eigenvalue weighted by Crippen LogP contribution is -2.52. The van der Waals surface area contributed by atoms with Gasteiger partial charge in [-0.15, -0.1) is 0 Å². The summed E-state index contributed by atoms with van der Waals surface area (Å²) in [5.41, 5.74) is -1.33. The molecule has 0 amide bonds. The molecule has 0 bridgehead atoms. The first-order valence-corrected chi connectivity index (χ1v) is 11.9. The van der Waals surface area contributed by atoms with Crippen LogP contribution < -0.4 is 5.73 Å². The lowest BCUT2D eigenvalue weighted by Gasteiger charge is -2.39. The molecule has 2 N–H and O–H groups in total. The Morgan fingerprint density at radius 2 is 1.67 bits per heavy atom. The van der Waals surface area contributed by atoms with Crippen LogP contribution in [-0.4, -0.2) is 56.4 Å². The molecule has 0 heterocycles. The average Bonchev–Trinajstić information content (AvgIpc) is 2.65. The van der Waals surface area contributed by atoms with Gasteiger partial charge in [0.15, 0.2) is 0 Å². The lowest BCUT2D eigenvalue weighted by molar-refractivity contribution is -0.169. The quantitative estimate of drug-likeness (QED) is 0.287. The zero-order valence-corrected chi connectivity index (χ0v) is 20.3. The van der Waals surface area contributed by atoms with Gasteiger partial charge in [-0.2, -0.15) is 21.6 Å². The summed E-state index contributed by atoms with van der Waals surface area (Å²) in [5, 5.41) is 0. The lowest BCUT2D eigenvalue weighted by atomic mass is 9.82. The third-order valence-corrected chi connectivity index (χ3v) is 5.82. The van der Waals surface area contributed by atoms with Crippen molar-refractivity contribution in [3.05, 3.63) is 11.3 Å². The molecule has 1 rings (SSSR count). The second-order valence-electron chi connectivity index (χ2n) is 8.45. The zero-order chi connectivity index (χ0) is 25.8. The number of alkyl halides is 3. The van der Waals surface area contributed by atoms with Crippen LogP contribution in [-0.2, 0) is 38.1 Å². The Kier molecular flexibility index (Phi) is 9.76. The van der Waals surface area contributed by atoms with E-state index in [0.717, 1.165) is 0 Å². The van der Waals surface area contributed by atoms with Crippen molar-refractivity contribution in [3.8, 4) is 0 Å². The minimum absolute atomic E-state index is 0.0346. The van der Waals surface area contributed by atoms with E-state index in [9.17, 15) is 31.2 Å². The van der Waals surface area contributed by atoms with Gasteiger partial charge in [0.1, 0.15) is 17.8 Å². The van der Waals surface area contributed by atoms with Gasteiger partial charge in [-0.05, 0) is 47.0 Å². The van der Waals surface area contributed by atoms with E-state index in [1.807, 2.05) is 0 Å². The first kappa shape index (κ1) is 29.2. The molecule has 33 heavy (non-hydrogen) atoms. The molecule has 0 saturated carbocycles. The monoisotopic (exact) mass is 503 g/mol. The fraction of sp³-hybridized carbons (Fsp3) is 0.800. The fourth-order valence-electron chi connectivity index (χ4n) is 3.19. The average molecular weight is 504 g/mol. The van der Waals surface area contributed by atoms with Crippen molar-refractivity contribution in [3.63, 3.8) is 0 Å². The van der Waals surface area contributed by atoms with Crippen molar-refractivity contribution < 1.29 is 49.6 Å². The number of esters is 2. The predicted molar refractivity (Wildman–Crippen MR) is 111 cm³/mol. The highest BCUT2D eigenvalue weighted by Crippen LogP contribution is 2.38. The molecule has 9 nitrogen and oxygen atoms in total. The molecular formula is C20H32F3NO8S. The summed E-state index contributed by atoms with van der Waals surface area (Å²) in [7, 11) is -6.14. The van der Waals surface area contributed by atoms with E-state index in [2.05, 4.69) is 4.18 Å². The Morgan fingerprint density at radius 1 is 1.12 bits per heavy atom. The maximum absolute atomic E-state index is 13.1.